The molecule has 2 amide bonds. The predicted octanol–water partition coefficient (Wildman–Crippen LogP) is 2.01. The molecule has 2 atom stereocenters. The highest BCUT2D eigenvalue weighted by Gasteiger charge is 2.22. The van der Waals surface area contributed by atoms with E-state index >= 15 is 0 Å². The molecule has 1 aromatic carbocycles. The largest absolute Gasteiger partial charge is 0.378 e. The van der Waals surface area contributed by atoms with Gasteiger partial charge in [0.05, 0.1) is 32.0 Å². The van der Waals surface area contributed by atoms with Gasteiger partial charge in [0.2, 0.25) is 0 Å². The first-order valence-electron chi connectivity index (χ1n) is 8.73. The average Bonchev–Trinajstić information content (AvgIpc) is 2.62. The summed E-state index contributed by atoms with van der Waals surface area (Å²) in [6.07, 6.45) is 0.104. The fourth-order valence-electron chi connectivity index (χ4n) is 3.16. The maximum absolute atomic E-state index is 12.4. The molecular formula is C18H27N3O3. The lowest BCUT2D eigenvalue weighted by atomic mass is 10.1. The molecule has 24 heavy (non-hydrogen) atoms. The highest BCUT2D eigenvalue weighted by molar-refractivity contribution is 5.74. The SMILES string of the molecule is C[C@H](NC(=O)N1CCO[C@@H](C)C1)c1ccc(N2CCOCC2)cc1. The van der Waals surface area contributed by atoms with Crippen LogP contribution in [0.4, 0.5) is 10.5 Å². The second-order valence-electron chi connectivity index (χ2n) is 6.49. The van der Waals surface area contributed by atoms with E-state index in [1.165, 1.54) is 5.69 Å². The summed E-state index contributed by atoms with van der Waals surface area (Å²) < 4.78 is 10.9. The molecule has 6 nitrogen and oxygen atoms in total. The Morgan fingerprint density at radius 2 is 1.88 bits per heavy atom. The van der Waals surface area contributed by atoms with Crippen LogP contribution in [0.5, 0.6) is 0 Å². The molecule has 0 unspecified atom stereocenters. The number of nitrogens with zero attached hydrogens (tertiary/aromatic N) is 2. The number of anilines is 1. The number of carbonyl (C=O) groups excluding carboxylic acids is 1. The summed E-state index contributed by atoms with van der Waals surface area (Å²) in [5.74, 6) is 0. The number of hydrogen-bond acceptors (Lipinski definition) is 4. The molecule has 0 aliphatic carbocycles. The van der Waals surface area contributed by atoms with Gasteiger partial charge in [-0.3, -0.25) is 0 Å². The molecule has 1 N–H and O–H groups in total. The van der Waals surface area contributed by atoms with Gasteiger partial charge in [-0.05, 0) is 31.5 Å². The Balaban J connectivity index is 1.56. The molecule has 2 heterocycles. The first-order valence-corrected chi connectivity index (χ1v) is 8.73. The Morgan fingerprint density at radius 1 is 1.17 bits per heavy atom. The minimum Gasteiger partial charge on any atom is -0.378 e. The van der Waals surface area contributed by atoms with Crippen LogP contribution in [0.2, 0.25) is 0 Å². The summed E-state index contributed by atoms with van der Waals surface area (Å²) in [6.45, 7) is 9.35. The molecule has 0 saturated carbocycles. The van der Waals surface area contributed by atoms with Gasteiger partial charge in [0, 0.05) is 31.9 Å². The van der Waals surface area contributed by atoms with Crippen LogP contribution in [0.15, 0.2) is 24.3 Å². The molecule has 3 rings (SSSR count). The van der Waals surface area contributed by atoms with Crippen LogP contribution in [-0.2, 0) is 9.47 Å². The average molecular weight is 333 g/mol. The number of nitrogens with one attached hydrogen (secondary N) is 1. The fraction of sp³-hybridized carbons (Fsp3) is 0.611. The standard InChI is InChI=1S/C18H27N3O3/c1-14-13-21(9-12-24-14)18(22)19-15(2)16-3-5-17(6-4-16)20-7-10-23-11-8-20/h3-6,14-15H,7-13H2,1-2H3,(H,19,22)/t14-,15-/m0/s1. The molecule has 2 aliphatic rings. The molecule has 2 aliphatic heterocycles. The summed E-state index contributed by atoms with van der Waals surface area (Å²) in [4.78, 5) is 16.5. The predicted molar refractivity (Wildman–Crippen MR) is 93.4 cm³/mol. The van der Waals surface area contributed by atoms with Gasteiger partial charge in [-0.25, -0.2) is 4.79 Å². The van der Waals surface area contributed by atoms with Gasteiger partial charge >= 0.3 is 6.03 Å². The lowest BCUT2D eigenvalue weighted by molar-refractivity contribution is -0.00380. The summed E-state index contributed by atoms with van der Waals surface area (Å²) in [7, 11) is 0. The van der Waals surface area contributed by atoms with E-state index in [2.05, 4.69) is 34.5 Å². The Bertz CT molecular complexity index is 543. The van der Waals surface area contributed by atoms with Crippen LogP contribution in [-0.4, -0.2) is 63.0 Å². The van der Waals surface area contributed by atoms with E-state index < -0.39 is 0 Å². The van der Waals surface area contributed by atoms with Gasteiger partial charge in [-0.1, -0.05) is 12.1 Å². The third-order valence-electron chi connectivity index (χ3n) is 4.64. The van der Waals surface area contributed by atoms with Crippen molar-refractivity contribution in [2.45, 2.75) is 26.0 Å². The Hall–Kier alpha value is -1.79. The monoisotopic (exact) mass is 333 g/mol. The van der Waals surface area contributed by atoms with Crippen LogP contribution >= 0.6 is 0 Å². The number of benzene rings is 1. The van der Waals surface area contributed by atoms with E-state index in [9.17, 15) is 4.79 Å². The lowest BCUT2D eigenvalue weighted by Crippen LogP contribution is -2.49. The molecule has 0 bridgehead atoms. The normalized spacial score (nSPS) is 23.0. The van der Waals surface area contributed by atoms with Crippen molar-refractivity contribution in [3.05, 3.63) is 29.8 Å². The molecular weight excluding hydrogens is 306 g/mol. The smallest absolute Gasteiger partial charge is 0.318 e. The molecule has 0 radical (unpaired) electrons. The van der Waals surface area contributed by atoms with Crippen LogP contribution in [0.25, 0.3) is 0 Å². The second kappa shape index (κ2) is 7.85. The molecule has 2 saturated heterocycles. The van der Waals surface area contributed by atoms with E-state index in [0.717, 1.165) is 31.9 Å². The van der Waals surface area contributed by atoms with Crippen molar-refractivity contribution in [3.63, 3.8) is 0 Å². The number of hydrogen-bond donors (Lipinski definition) is 1. The fourth-order valence-corrected chi connectivity index (χ4v) is 3.16. The van der Waals surface area contributed by atoms with E-state index in [1.807, 2.05) is 18.7 Å². The van der Waals surface area contributed by atoms with Crippen molar-refractivity contribution in [3.8, 4) is 0 Å². The summed E-state index contributed by atoms with van der Waals surface area (Å²) >= 11 is 0. The molecule has 1 aromatic rings. The van der Waals surface area contributed by atoms with Gasteiger partial charge in [0.15, 0.2) is 0 Å². The van der Waals surface area contributed by atoms with Crippen molar-refractivity contribution >= 4 is 11.7 Å². The van der Waals surface area contributed by atoms with Gasteiger partial charge in [-0.2, -0.15) is 0 Å². The van der Waals surface area contributed by atoms with E-state index in [4.69, 9.17) is 9.47 Å². The summed E-state index contributed by atoms with van der Waals surface area (Å²) in [5.41, 5.74) is 2.32. The Kier molecular flexibility index (Phi) is 5.58. The maximum atomic E-state index is 12.4. The highest BCUT2D eigenvalue weighted by atomic mass is 16.5. The number of amides is 2. The molecule has 2 fully saturated rings. The summed E-state index contributed by atoms with van der Waals surface area (Å²) in [6, 6.07) is 8.40. The first kappa shape index (κ1) is 17.0. The van der Waals surface area contributed by atoms with Gasteiger partial charge in [0.25, 0.3) is 0 Å². The van der Waals surface area contributed by atoms with Crippen molar-refractivity contribution in [2.24, 2.45) is 0 Å². The highest BCUT2D eigenvalue weighted by Crippen LogP contribution is 2.20. The zero-order valence-electron chi connectivity index (χ0n) is 14.5. The molecule has 6 heteroatoms. The second-order valence-corrected chi connectivity index (χ2v) is 6.49. The van der Waals surface area contributed by atoms with Crippen LogP contribution < -0.4 is 10.2 Å². The molecule has 132 valence electrons. The zero-order valence-corrected chi connectivity index (χ0v) is 14.5. The van der Waals surface area contributed by atoms with Crippen molar-refractivity contribution in [2.75, 3.05) is 50.9 Å². The van der Waals surface area contributed by atoms with E-state index in [0.29, 0.717) is 19.7 Å². The number of ether oxygens (including phenoxy) is 2. The third-order valence-corrected chi connectivity index (χ3v) is 4.64. The van der Waals surface area contributed by atoms with E-state index in [-0.39, 0.29) is 18.2 Å². The molecule has 0 spiro atoms. The van der Waals surface area contributed by atoms with Gasteiger partial charge < -0.3 is 24.6 Å². The zero-order chi connectivity index (χ0) is 16.9. The van der Waals surface area contributed by atoms with Crippen LogP contribution in [0.1, 0.15) is 25.5 Å². The Labute approximate surface area is 143 Å². The van der Waals surface area contributed by atoms with Gasteiger partial charge in [-0.15, -0.1) is 0 Å². The minimum atomic E-state index is -0.0191. The van der Waals surface area contributed by atoms with Crippen molar-refractivity contribution in [1.29, 1.82) is 0 Å². The number of rotatable bonds is 3. The van der Waals surface area contributed by atoms with Gasteiger partial charge in [0.1, 0.15) is 0 Å². The lowest BCUT2D eigenvalue weighted by Gasteiger charge is -2.32. The van der Waals surface area contributed by atoms with Crippen molar-refractivity contribution in [1.82, 2.24) is 10.2 Å². The Morgan fingerprint density at radius 3 is 2.54 bits per heavy atom. The maximum Gasteiger partial charge on any atom is 0.318 e. The first-order chi connectivity index (χ1) is 11.6. The third kappa shape index (κ3) is 4.19. The van der Waals surface area contributed by atoms with E-state index in [1.54, 1.807) is 0 Å². The minimum absolute atomic E-state index is 0.0186. The van der Waals surface area contributed by atoms with Crippen LogP contribution in [0, 0.1) is 0 Å². The molecule has 0 aromatic heterocycles. The topological polar surface area (TPSA) is 54.0 Å². The number of morpholine rings is 2. The quantitative estimate of drug-likeness (QED) is 0.919. The van der Waals surface area contributed by atoms with Crippen LogP contribution in [0.3, 0.4) is 0 Å². The van der Waals surface area contributed by atoms with Crippen molar-refractivity contribution < 1.29 is 14.3 Å². The summed E-state index contributed by atoms with van der Waals surface area (Å²) in [5, 5.41) is 3.08. The number of urea groups is 1. The number of carbonyl (C=O) groups is 1.